The molecule has 3 rings (SSSR count). The topological polar surface area (TPSA) is 108 Å². The molecule has 0 bridgehead atoms. The molecule has 132 valence electrons. The number of aliphatic carboxylic acids is 1. The number of nitrogens with zero attached hydrogens (tertiary/aromatic N) is 2. The molecular weight excluding hydrogens is 320 g/mol. The number of hydrogen-bond donors (Lipinski definition) is 3. The largest absolute Gasteiger partial charge is 0.481 e. The molecule has 0 radical (unpaired) electrons. The zero-order chi connectivity index (χ0) is 18.0. The Kier molecular flexibility index (Phi) is 4.83. The number of H-pyrrole nitrogens is 1. The van der Waals surface area contributed by atoms with Crippen molar-refractivity contribution in [2.45, 2.75) is 39.5 Å². The highest BCUT2D eigenvalue weighted by Gasteiger charge is 2.29. The highest BCUT2D eigenvalue weighted by Crippen LogP contribution is 2.31. The van der Waals surface area contributed by atoms with E-state index in [9.17, 15) is 9.59 Å². The molecule has 1 fully saturated rings. The van der Waals surface area contributed by atoms with Gasteiger partial charge in [0.2, 0.25) is 5.91 Å². The van der Waals surface area contributed by atoms with Gasteiger partial charge in [-0.3, -0.25) is 14.7 Å². The van der Waals surface area contributed by atoms with Crippen LogP contribution in [0.2, 0.25) is 0 Å². The maximum Gasteiger partial charge on any atom is 0.306 e. The standard InChI is InChI=1S/C18H22N4O3/c1-10-3-4-14(16-19-11(2)21-22-16)9-15(10)20-17(23)12-5-7-13(8-6-12)18(24)25/h3-4,9,12-13H,5-8H2,1-2H3,(H,20,23)(H,24,25)(H,19,21,22). The lowest BCUT2D eigenvalue weighted by molar-refractivity contribution is -0.143. The Balaban J connectivity index is 1.70. The van der Waals surface area contributed by atoms with Crippen LogP contribution in [0.5, 0.6) is 0 Å². The molecule has 0 saturated heterocycles. The molecule has 1 aromatic heterocycles. The van der Waals surface area contributed by atoms with Gasteiger partial charge in [-0.1, -0.05) is 12.1 Å². The van der Waals surface area contributed by atoms with E-state index in [-0.39, 0.29) is 17.7 Å². The molecule has 0 unspecified atom stereocenters. The van der Waals surface area contributed by atoms with Gasteiger partial charge in [0.15, 0.2) is 5.82 Å². The summed E-state index contributed by atoms with van der Waals surface area (Å²) in [5, 5.41) is 19.0. The monoisotopic (exact) mass is 342 g/mol. The van der Waals surface area contributed by atoms with E-state index in [4.69, 9.17) is 5.11 Å². The third-order valence-electron chi connectivity index (χ3n) is 4.80. The van der Waals surface area contributed by atoms with Crippen molar-refractivity contribution < 1.29 is 14.7 Å². The summed E-state index contributed by atoms with van der Waals surface area (Å²) >= 11 is 0. The van der Waals surface area contributed by atoms with E-state index in [1.54, 1.807) is 0 Å². The van der Waals surface area contributed by atoms with Crippen molar-refractivity contribution in [1.82, 2.24) is 15.2 Å². The lowest BCUT2D eigenvalue weighted by atomic mass is 9.81. The van der Waals surface area contributed by atoms with Crippen molar-refractivity contribution in [1.29, 1.82) is 0 Å². The van der Waals surface area contributed by atoms with Crippen molar-refractivity contribution in [3.8, 4) is 11.4 Å². The summed E-state index contributed by atoms with van der Waals surface area (Å²) in [6, 6.07) is 5.72. The van der Waals surface area contributed by atoms with Gasteiger partial charge in [-0.15, -0.1) is 0 Å². The van der Waals surface area contributed by atoms with Gasteiger partial charge < -0.3 is 10.4 Å². The number of aryl methyl sites for hydroxylation is 2. The molecule has 1 amide bonds. The number of aromatic amines is 1. The molecule has 3 N–H and O–H groups in total. The molecule has 25 heavy (non-hydrogen) atoms. The fourth-order valence-corrected chi connectivity index (χ4v) is 3.20. The minimum atomic E-state index is -0.760. The molecule has 1 heterocycles. The first-order valence-electron chi connectivity index (χ1n) is 8.47. The molecule has 0 atom stereocenters. The number of nitrogens with one attached hydrogen (secondary N) is 2. The minimum absolute atomic E-state index is 0.0461. The third kappa shape index (κ3) is 3.87. The van der Waals surface area contributed by atoms with Gasteiger partial charge in [0.1, 0.15) is 5.82 Å². The van der Waals surface area contributed by atoms with Crippen LogP contribution in [0.25, 0.3) is 11.4 Å². The van der Waals surface area contributed by atoms with Crippen LogP contribution in [0.3, 0.4) is 0 Å². The van der Waals surface area contributed by atoms with Gasteiger partial charge in [-0.25, -0.2) is 4.98 Å². The van der Waals surface area contributed by atoms with Gasteiger partial charge in [0, 0.05) is 17.2 Å². The Bertz CT molecular complexity index is 791. The highest BCUT2D eigenvalue weighted by molar-refractivity contribution is 5.94. The summed E-state index contributed by atoms with van der Waals surface area (Å²) in [6.45, 7) is 3.77. The summed E-state index contributed by atoms with van der Waals surface area (Å²) in [5.74, 6) is 0.0678. The van der Waals surface area contributed by atoms with E-state index in [2.05, 4.69) is 20.5 Å². The lowest BCUT2D eigenvalue weighted by Gasteiger charge is -2.25. The summed E-state index contributed by atoms with van der Waals surface area (Å²) < 4.78 is 0. The molecule has 7 heteroatoms. The van der Waals surface area contributed by atoms with Crippen LogP contribution in [0.1, 0.15) is 37.1 Å². The van der Waals surface area contributed by atoms with Gasteiger partial charge in [-0.2, -0.15) is 5.10 Å². The van der Waals surface area contributed by atoms with Gasteiger partial charge in [-0.05, 0) is 51.2 Å². The van der Waals surface area contributed by atoms with E-state index in [0.717, 1.165) is 22.6 Å². The van der Waals surface area contributed by atoms with Crippen LogP contribution in [0.4, 0.5) is 5.69 Å². The number of benzene rings is 1. The smallest absolute Gasteiger partial charge is 0.306 e. The van der Waals surface area contributed by atoms with E-state index >= 15 is 0 Å². The van der Waals surface area contributed by atoms with E-state index in [1.165, 1.54) is 0 Å². The predicted octanol–water partition coefficient (Wildman–Crippen LogP) is 2.92. The number of carboxylic acids is 1. The first-order valence-corrected chi connectivity index (χ1v) is 8.47. The fraction of sp³-hybridized carbons (Fsp3) is 0.444. The van der Waals surface area contributed by atoms with Crippen LogP contribution >= 0.6 is 0 Å². The van der Waals surface area contributed by atoms with Crippen LogP contribution in [0.15, 0.2) is 18.2 Å². The van der Waals surface area contributed by atoms with Crippen molar-refractivity contribution in [3.05, 3.63) is 29.6 Å². The average Bonchev–Trinajstić information content (AvgIpc) is 3.03. The van der Waals surface area contributed by atoms with Gasteiger partial charge in [0.25, 0.3) is 0 Å². The summed E-state index contributed by atoms with van der Waals surface area (Å²) in [6.07, 6.45) is 2.34. The number of carboxylic acid groups (broad SMARTS) is 1. The van der Waals surface area contributed by atoms with Crippen LogP contribution < -0.4 is 5.32 Å². The maximum atomic E-state index is 12.6. The average molecular weight is 342 g/mol. The van der Waals surface area contributed by atoms with Crippen molar-refractivity contribution in [2.75, 3.05) is 5.32 Å². The van der Waals surface area contributed by atoms with E-state index < -0.39 is 5.97 Å². The molecule has 1 aliphatic rings. The Hall–Kier alpha value is -2.70. The van der Waals surface area contributed by atoms with Crippen LogP contribution in [-0.4, -0.2) is 32.2 Å². The summed E-state index contributed by atoms with van der Waals surface area (Å²) in [4.78, 5) is 27.9. The molecule has 7 nitrogen and oxygen atoms in total. The maximum absolute atomic E-state index is 12.6. The molecule has 1 aliphatic carbocycles. The fourth-order valence-electron chi connectivity index (χ4n) is 3.20. The molecule has 1 aromatic carbocycles. The number of amides is 1. The van der Waals surface area contributed by atoms with Crippen molar-refractivity contribution in [3.63, 3.8) is 0 Å². The minimum Gasteiger partial charge on any atom is -0.481 e. The SMILES string of the molecule is Cc1nc(-c2ccc(C)c(NC(=O)C3CCC(C(=O)O)CC3)c2)n[nH]1. The lowest BCUT2D eigenvalue weighted by Crippen LogP contribution is -2.29. The van der Waals surface area contributed by atoms with Crippen LogP contribution in [0, 0.1) is 25.7 Å². The number of carbonyl (C=O) groups is 2. The zero-order valence-electron chi connectivity index (χ0n) is 14.4. The Morgan fingerprint density at radius 3 is 2.44 bits per heavy atom. The molecule has 2 aromatic rings. The van der Waals surface area contributed by atoms with Gasteiger partial charge in [0.05, 0.1) is 5.92 Å². The second kappa shape index (κ2) is 7.04. The quantitative estimate of drug-likeness (QED) is 0.792. The Labute approximate surface area is 145 Å². The van der Waals surface area contributed by atoms with Gasteiger partial charge >= 0.3 is 5.97 Å². The number of carbonyl (C=O) groups excluding carboxylic acids is 1. The highest BCUT2D eigenvalue weighted by atomic mass is 16.4. The molecule has 1 saturated carbocycles. The van der Waals surface area contributed by atoms with E-state index in [0.29, 0.717) is 31.5 Å². The zero-order valence-corrected chi connectivity index (χ0v) is 14.4. The molecule has 0 spiro atoms. The number of hydrogen-bond acceptors (Lipinski definition) is 4. The number of rotatable bonds is 4. The number of aromatic nitrogens is 3. The normalized spacial score (nSPS) is 20.2. The van der Waals surface area contributed by atoms with Crippen molar-refractivity contribution >= 4 is 17.6 Å². The molecular formula is C18H22N4O3. The summed E-state index contributed by atoms with van der Waals surface area (Å²) in [5.41, 5.74) is 2.54. The molecule has 0 aliphatic heterocycles. The first-order chi connectivity index (χ1) is 11.9. The first kappa shape index (κ1) is 17.1. The number of anilines is 1. The van der Waals surface area contributed by atoms with Crippen molar-refractivity contribution in [2.24, 2.45) is 11.8 Å². The predicted molar refractivity (Wildman–Crippen MR) is 93.0 cm³/mol. The Morgan fingerprint density at radius 1 is 1.16 bits per heavy atom. The Morgan fingerprint density at radius 2 is 1.84 bits per heavy atom. The summed E-state index contributed by atoms with van der Waals surface area (Å²) in [7, 11) is 0. The second-order valence-corrected chi connectivity index (χ2v) is 6.65. The second-order valence-electron chi connectivity index (χ2n) is 6.65. The van der Waals surface area contributed by atoms with E-state index in [1.807, 2.05) is 32.0 Å². The van der Waals surface area contributed by atoms with Crippen LogP contribution in [-0.2, 0) is 9.59 Å². The third-order valence-corrected chi connectivity index (χ3v) is 4.80.